The molecule has 0 aromatic heterocycles. The standard InChI is InChI=1S/C19H21Cl2NO4S/c1-22(19(23)14-6-4-3-5-7-14)13-16(10-11-26-27(2,24)25)15-8-9-17(20)18(21)12-15/h3-9,12,16H,10-11,13H2,1-2H3. The molecule has 0 aliphatic heterocycles. The quantitative estimate of drug-likeness (QED) is 0.589. The maximum atomic E-state index is 12.6. The Morgan fingerprint density at radius 2 is 1.78 bits per heavy atom. The average Bonchev–Trinajstić information content (AvgIpc) is 2.62. The molecule has 1 amide bonds. The Morgan fingerprint density at radius 3 is 2.37 bits per heavy atom. The highest BCUT2D eigenvalue weighted by molar-refractivity contribution is 7.85. The van der Waals surface area contributed by atoms with E-state index in [-0.39, 0.29) is 18.4 Å². The number of hydrogen-bond acceptors (Lipinski definition) is 4. The summed E-state index contributed by atoms with van der Waals surface area (Å²) in [5.41, 5.74) is 1.44. The van der Waals surface area contributed by atoms with Crippen LogP contribution in [0.4, 0.5) is 0 Å². The van der Waals surface area contributed by atoms with E-state index >= 15 is 0 Å². The third-order valence-electron chi connectivity index (χ3n) is 4.04. The van der Waals surface area contributed by atoms with Crippen LogP contribution in [0.25, 0.3) is 0 Å². The van der Waals surface area contributed by atoms with Crippen molar-refractivity contribution in [2.75, 3.05) is 26.5 Å². The molecule has 0 bridgehead atoms. The van der Waals surface area contributed by atoms with Crippen molar-refractivity contribution in [3.63, 3.8) is 0 Å². The summed E-state index contributed by atoms with van der Waals surface area (Å²) >= 11 is 12.1. The van der Waals surface area contributed by atoms with Crippen LogP contribution in [-0.2, 0) is 14.3 Å². The van der Waals surface area contributed by atoms with Gasteiger partial charge in [0.25, 0.3) is 16.0 Å². The third kappa shape index (κ3) is 6.81. The molecule has 2 rings (SSSR count). The molecular formula is C19H21Cl2NO4S. The van der Waals surface area contributed by atoms with E-state index in [9.17, 15) is 13.2 Å². The molecule has 2 aromatic rings. The van der Waals surface area contributed by atoms with E-state index in [1.807, 2.05) is 12.1 Å². The Morgan fingerprint density at radius 1 is 1.11 bits per heavy atom. The number of carbonyl (C=O) groups is 1. The van der Waals surface area contributed by atoms with Gasteiger partial charge in [0.15, 0.2) is 0 Å². The van der Waals surface area contributed by atoms with Gasteiger partial charge >= 0.3 is 0 Å². The van der Waals surface area contributed by atoms with Gasteiger partial charge in [-0.15, -0.1) is 0 Å². The first-order chi connectivity index (χ1) is 12.7. The number of rotatable bonds is 8. The molecule has 5 nitrogen and oxygen atoms in total. The van der Waals surface area contributed by atoms with Crippen LogP contribution >= 0.6 is 23.2 Å². The van der Waals surface area contributed by atoms with Crippen molar-refractivity contribution in [3.05, 3.63) is 69.7 Å². The van der Waals surface area contributed by atoms with Crippen LogP contribution in [0.1, 0.15) is 28.3 Å². The van der Waals surface area contributed by atoms with Gasteiger partial charge in [-0.3, -0.25) is 8.98 Å². The summed E-state index contributed by atoms with van der Waals surface area (Å²) in [7, 11) is -1.83. The molecule has 0 aliphatic carbocycles. The second-order valence-corrected chi connectivity index (χ2v) is 8.70. The number of amides is 1. The van der Waals surface area contributed by atoms with Crippen molar-refractivity contribution in [3.8, 4) is 0 Å². The zero-order valence-corrected chi connectivity index (χ0v) is 17.4. The monoisotopic (exact) mass is 429 g/mol. The first kappa shape index (κ1) is 21.7. The Balaban J connectivity index is 2.17. The molecule has 0 saturated carbocycles. The summed E-state index contributed by atoms with van der Waals surface area (Å²) in [5, 5.41) is 0.834. The van der Waals surface area contributed by atoms with Crippen molar-refractivity contribution >= 4 is 39.2 Å². The van der Waals surface area contributed by atoms with Crippen molar-refractivity contribution in [2.24, 2.45) is 0 Å². The Bertz CT molecular complexity index is 888. The van der Waals surface area contributed by atoms with E-state index in [0.29, 0.717) is 28.6 Å². The van der Waals surface area contributed by atoms with E-state index in [1.165, 1.54) is 0 Å². The fourth-order valence-electron chi connectivity index (χ4n) is 2.69. The lowest BCUT2D eigenvalue weighted by molar-refractivity contribution is 0.0782. The van der Waals surface area contributed by atoms with Gasteiger partial charge in [0.05, 0.1) is 22.9 Å². The number of likely N-dealkylation sites (N-methyl/N-ethyl adjacent to an activating group) is 1. The zero-order chi connectivity index (χ0) is 20.0. The average molecular weight is 430 g/mol. The summed E-state index contributed by atoms with van der Waals surface area (Å²) in [6.45, 7) is 0.385. The molecule has 27 heavy (non-hydrogen) atoms. The van der Waals surface area contributed by atoms with Gasteiger partial charge in [-0.05, 0) is 36.2 Å². The minimum absolute atomic E-state index is 0.0110. The van der Waals surface area contributed by atoms with E-state index < -0.39 is 10.1 Å². The zero-order valence-electron chi connectivity index (χ0n) is 15.1. The molecule has 1 atom stereocenters. The second-order valence-electron chi connectivity index (χ2n) is 6.24. The van der Waals surface area contributed by atoms with E-state index in [2.05, 4.69) is 0 Å². The topological polar surface area (TPSA) is 63.7 Å². The smallest absolute Gasteiger partial charge is 0.264 e. The summed E-state index contributed by atoms with van der Waals surface area (Å²) in [6.07, 6.45) is 1.41. The number of nitrogens with zero attached hydrogens (tertiary/aromatic N) is 1. The fourth-order valence-corrected chi connectivity index (χ4v) is 3.39. The van der Waals surface area contributed by atoms with Crippen LogP contribution in [0, 0.1) is 0 Å². The SMILES string of the molecule is CN(CC(CCOS(C)(=O)=O)c1ccc(Cl)c(Cl)c1)C(=O)c1ccccc1. The first-order valence-electron chi connectivity index (χ1n) is 8.27. The molecule has 2 aromatic carbocycles. The molecule has 0 spiro atoms. The summed E-state index contributed by atoms with van der Waals surface area (Å²) in [4.78, 5) is 14.2. The Kier molecular flexibility index (Phi) is 7.68. The molecule has 0 aliphatic rings. The molecule has 1 unspecified atom stereocenters. The van der Waals surface area contributed by atoms with Crippen LogP contribution < -0.4 is 0 Å². The predicted octanol–water partition coefficient (Wildman–Crippen LogP) is 4.22. The van der Waals surface area contributed by atoms with E-state index in [1.54, 1.807) is 48.3 Å². The first-order valence-corrected chi connectivity index (χ1v) is 10.8. The lowest BCUT2D eigenvalue weighted by Crippen LogP contribution is -2.31. The van der Waals surface area contributed by atoms with Gasteiger partial charge in [0.1, 0.15) is 0 Å². The van der Waals surface area contributed by atoms with Crippen LogP contribution in [0.15, 0.2) is 48.5 Å². The minimum Gasteiger partial charge on any atom is -0.341 e. The second kappa shape index (κ2) is 9.55. The molecule has 8 heteroatoms. The Labute approximate surface area is 170 Å². The van der Waals surface area contributed by atoms with Crippen molar-refractivity contribution < 1.29 is 17.4 Å². The number of benzene rings is 2. The van der Waals surface area contributed by atoms with Crippen molar-refractivity contribution in [1.29, 1.82) is 0 Å². The number of halogens is 2. The van der Waals surface area contributed by atoms with Crippen molar-refractivity contribution in [2.45, 2.75) is 12.3 Å². The lowest BCUT2D eigenvalue weighted by atomic mass is 9.95. The van der Waals surface area contributed by atoms with Crippen LogP contribution in [0.5, 0.6) is 0 Å². The van der Waals surface area contributed by atoms with Crippen molar-refractivity contribution in [1.82, 2.24) is 4.90 Å². The number of hydrogen-bond donors (Lipinski definition) is 0. The van der Waals surface area contributed by atoms with E-state index in [4.69, 9.17) is 27.4 Å². The molecule has 0 radical (unpaired) electrons. The normalized spacial score (nSPS) is 12.6. The third-order valence-corrected chi connectivity index (χ3v) is 5.37. The maximum absolute atomic E-state index is 12.6. The van der Waals surface area contributed by atoms with Crippen LogP contribution in [0.2, 0.25) is 10.0 Å². The molecule has 0 N–H and O–H groups in total. The lowest BCUT2D eigenvalue weighted by Gasteiger charge is -2.25. The summed E-state index contributed by atoms with van der Waals surface area (Å²) in [5.74, 6) is -0.288. The highest BCUT2D eigenvalue weighted by atomic mass is 35.5. The number of carbonyl (C=O) groups excluding carboxylic acids is 1. The Hall–Kier alpha value is -1.60. The minimum atomic E-state index is -3.53. The van der Waals surface area contributed by atoms with Gasteiger partial charge in [-0.1, -0.05) is 47.5 Å². The highest BCUT2D eigenvalue weighted by Crippen LogP contribution is 2.29. The van der Waals surface area contributed by atoms with Gasteiger partial charge in [-0.25, -0.2) is 0 Å². The molecule has 0 heterocycles. The summed E-state index contributed by atoms with van der Waals surface area (Å²) < 4.78 is 27.3. The van der Waals surface area contributed by atoms with Gasteiger partial charge < -0.3 is 4.90 Å². The largest absolute Gasteiger partial charge is 0.341 e. The molecular weight excluding hydrogens is 409 g/mol. The van der Waals surface area contributed by atoms with E-state index in [0.717, 1.165) is 11.8 Å². The fraction of sp³-hybridized carbons (Fsp3) is 0.316. The molecule has 146 valence electrons. The van der Waals surface area contributed by atoms with Gasteiger partial charge in [-0.2, -0.15) is 8.42 Å². The predicted molar refractivity (Wildman–Crippen MR) is 108 cm³/mol. The highest BCUT2D eigenvalue weighted by Gasteiger charge is 2.20. The van der Waals surface area contributed by atoms with Gasteiger partial charge in [0, 0.05) is 25.1 Å². The van der Waals surface area contributed by atoms with Crippen LogP contribution in [0.3, 0.4) is 0 Å². The van der Waals surface area contributed by atoms with Crippen LogP contribution in [-0.4, -0.2) is 45.7 Å². The van der Waals surface area contributed by atoms with Gasteiger partial charge in [0.2, 0.25) is 0 Å². The molecule has 0 saturated heterocycles. The maximum Gasteiger partial charge on any atom is 0.264 e. The summed E-state index contributed by atoms with van der Waals surface area (Å²) in [6, 6.07) is 14.2. The molecule has 0 fully saturated rings.